The fraction of sp³-hybridized carbons (Fsp3) is 0.286. The molecule has 0 spiro atoms. The number of rotatable bonds is 2. The molecule has 0 bridgehead atoms. The van der Waals surface area contributed by atoms with E-state index in [0.29, 0.717) is 5.69 Å². The average molecular weight is 275 g/mol. The Bertz CT molecular complexity index is 681. The summed E-state index contributed by atoms with van der Waals surface area (Å²) < 4.78 is 15.8. The van der Waals surface area contributed by atoms with Gasteiger partial charge in [0.2, 0.25) is 0 Å². The number of fused-ring (bicyclic) bond motifs is 1. The second-order valence-electron chi connectivity index (χ2n) is 4.98. The molecule has 1 aliphatic rings. The number of nitrogens with zero attached hydrogens (tertiary/aromatic N) is 2. The Balaban J connectivity index is 2.08. The van der Waals surface area contributed by atoms with Crippen molar-refractivity contribution in [2.45, 2.75) is 25.3 Å². The summed E-state index contributed by atoms with van der Waals surface area (Å²) in [5.74, 6) is -0.600. The monoisotopic (exact) mass is 275 g/mol. The lowest BCUT2D eigenvalue weighted by atomic mass is 9.93. The third-order valence-electron chi connectivity index (χ3n) is 3.76. The lowest BCUT2D eigenvalue weighted by Gasteiger charge is -2.21. The number of benzene rings is 1. The van der Waals surface area contributed by atoms with Crippen LogP contribution in [0.25, 0.3) is 5.69 Å². The van der Waals surface area contributed by atoms with Gasteiger partial charge in [-0.15, -0.1) is 0 Å². The van der Waals surface area contributed by atoms with Gasteiger partial charge in [0.15, 0.2) is 5.82 Å². The summed E-state index contributed by atoms with van der Waals surface area (Å²) in [6.07, 6.45) is 4.51. The van der Waals surface area contributed by atoms with Crippen LogP contribution in [0.4, 0.5) is 10.1 Å². The molecule has 1 unspecified atom stereocenters. The number of nitro groups is 1. The highest BCUT2D eigenvalue weighted by Gasteiger charge is 2.22. The van der Waals surface area contributed by atoms with Gasteiger partial charge in [0.25, 0.3) is 5.69 Å². The Morgan fingerprint density at radius 1 is 1.40 bits per heavy atom. The Hall–Kier alpha value is -2.21. The molecule has 1 heterocycles. The molecule has 0 fully saturated rings. The Morgan fingerprint density at radius 2 is 2.20 bits per heavy atom. The summed E-state index contributed by atoms with van der Waals surface area (Å²) in [4.78, 5) is 10.0. The van der Waals surface area contributed by atoms with Crippen LogP contribution in [0.5, 0.6) is 0 Å². The molecule has 2 aromatic rings. The SMILES string of the molecule is NC1CCCc2c1ccn2-c1ccc([N+](=O)[O-])cc1F. The summed E-state index contributed by atoms with van der Waals surface area (Å²) in [6.45, 7) is 0. The van der Waals surface area contributed by atoms with Gasteiger partial charge in [-0.3, -0.25) is 10.1 Å². The molecule has 20 heavy (non-hydrogen) atoms. The maximum absolute atomic E-state index is 14.1. The van der Waals surface area contributed by atoms with Gasteiger partial charge in [-0.05, 0) is 37.0 Å². The molecule has 0 saturated carbocycles. The lowest BCUT2D eigenvalue weighted by Crippen LogP contribution is -2.18. The molecule has 3 rings (SSSR count). The van der Waals surface area contributed by atoms with E-state index in [2.05, 4.69) is 0 Å². The third-order valence-corrected chi connectivity index (χ3v) is 3.76. The number of nitrogens with two attached hydrogens (primary N) is 1. The first-order valence-corrected chi connectivity index (χ1v) is 6.48. The van der Waals surface area contributed by atoms with Gasteiger partial charge in [0.1, 0.15) is 0 Å². The largest absolute Gasteiger partial charge is 0.324 e. The number of non-ortho nitro benzene ring substituents is 1. The highest BCUT2D eigenvalue weighted by Crippen LogP contribution is 2.31. The Labute approximate surface area is 115 Å². The summed E-state index contributed by atoms with van der Waals surface area (Å²) in [5.41, 5.74) is 8.15. The molecule has 1 aromatic carbocycles. The fourth-order valence-corrected chi connectivity index (χ4v) is 2.76. The summed E-state index contributed by atoms with van der Waals surface area (Å²) in [6, 6.07) is 5.59. The predicted octanol–water partition coefficient (Wildman–Crippen LogP) is 2.86. The van der Waals surface area contributed by atoms with Crippen LogP contribution >= 0.6 is 0 Å². The third kappa shape index (κ3) is 1.98. The van der Waals surface area contributed by atoms with Gasteiger partial charge < -0.3 is 10.3 Å². The highest BCUT2D eigenvalue weighted by molar-refractivity contribution is 5.46. The van der Waals surface area contributed by atoms with Gasteiger partial charge in [-0.2, -0.15) is 0 Å². The average Bonchev–Trinajstić information content (AvgIpc) is 2.84. The van der Waals surface area contributed by atoms with Crippen LogP contribution in [-0.4, -0.2) is 9.49 Å². The quantitative estimate of drug-likeness (QED) is 0.676. The Morgan fingerprint density at radius 3 is 2.90 bits per heavy atom. The van der Waals surface area contributed by atoms with Crippen LogP contribution in [0, 0.1) is 15.9 Å². The van der Waals surface area contributed by atoms with Crippen molar-refractivity contribution in [3.05, 3.63) is 57.7 Å². The van der Waals surface area contributed by atoms with E-state index in [9.17, 15) is 14.5 Å². The summed E-state index contributed by atoms with van der Waals surface area (Å²) in [7, 11) is 0. The van der Waals surface area contributed by atoms with Gasteiger partial charge >= 0.3 is 0 Å². The zero-order chi connectivity index (χ0) is 14.3. The Kier molecular flexibility index (Phi) is 3.02. The molecule has 1 aromatic heterocycles. The van der Waals surface area contributed by atoms with Crippen molar-refractivity contribution in [1.29, 1.82) is 0 Å². The number of nitro benzene ring substituents is 1. The molecule has 0 saturated heterocycles. The lowest BCUT2D eigenvalue weighted by molar-refractivity contribution is -0.385. The van der Waals surface area contributed by atoms with Crippen LogP contribution in [0.1, 0.15) is 30.1 Å². The van der Waals surface area contributed by atoms with E-state index in [1.165, 1.54) is 12.1 Å². The first-order valence-electron chi connectivity index (χ1n) is 6.48. The standard InChI is InChI=1S/C14H14FN3O2/c15-11-8-9(18(19)20)4-5-14(11)17-7-6-10-12(16)2-1-3-13(10)17/h4-8,12H,1-3,16H2. The predicted molar refractivity (Wildman–Crippen MR) is 72.2 cm³/mol. The van der Waals surface area contributed by atoms with Crippen molar-refractivity contribution < 1.29 is 9.31 Å². The number of halogens is 1. The molecule has 104 valence electrons. The van der Waals surface area contributed by atoms with Gasteiger partial charge in [0.05, 0.1) is 16.7 Å². The van der Waals surface area contributed by atoms with Crippen molar-refractivity contribution >= 4 is 5.69 Å². The molecule has 0 aliphatic heterocycles. The molecule has 6 heteroatoms. The number of hydrogen-bond donors (Lipinski definition) is 1. The normalized spacial score (nSPS) is 17.8. The minimum Gasteiger partial charge on any atom is -0.324 e. The van der Waals surface area contributed by atoms with Crippen LogP contribution in [0.15, 0.2) is 30.5 Å². The van der Waals surface area contributed by atoms with Crippen LogP contribution in [0.3, 0.4) is 0 Å². The van der Waals surface area contributed by atoms with Crippen LogP contribution in [0.2, 0.25) is 0 Å². The second kappa shape index (κ2) is 4.72. The van der Waals surface area contributed by atoms with Gasteiger partial charge in [-0.25, -0.2) is 4.39 Å². The number of aromatic nitrogens is 1. The molecule has 1 aliphatic carbocycles. The second-order valence-corrected chi connectivity index (χ2v) is 4.98. The molecule has 0 radical (unpaired) electrons. The van der Waals surface area contributed by atoms with E-state index < -0.39 is 10.7 Å². The van der Waals surface area contributed by atoms with E-state index in [1.807, 2.05) is 6.07 Å². The van der Waals surface area contributed by atoms with E-state index in [1.54, 1.807) is 10.8 Å². The van der Waals surface area contributed by atoms with Gasteiger partial charge in [0, 0.05) is 24.0 Å². The van der Waals surface area contributed by atoms with E-state index in [-0.39, 0.29) is 11.7 Å². The molecule has 1 atom stereocenters. The summed E-state index contributed by atoms with van der Waals surface area (Å²) in [5, 5.41) is 10.6. The van der Waals surface area contributed by atoms with Gasteiger partial charge in [-0.1, -0.05) is 0 Å². The summed E-state index contributed by atoms with van der Waals surface area (Å²) >= 11 is 0. The zero-order valence-electron chi connectivity index (χ0n) is 10.8. The maximum Gasteiger partial charge on any atom is 0.272 e. The van der Waals surface area contributed by atoms with Crippen molar-refractivity contribution in [3.8, 4) is 5.69 Å². The molecule has 2 N–H and O–H groups in total. The minimum atomic E-state index is -0.603. The first kappa shape index (κ1) is 12.8. The van der Waals surface area contributed by atoms with E-state index in [4.69, 9.17) is 5.73 Å². The minimum absolute atomic E-state index is 0.0129. The zero-order valence-corrected chi connectivity index (χ0v) is 10.8. The fourth-order valence-electron chi connectivity index (χ4n) is 2.76. The van der Waals surface area contributed by atoms with E-state index in [0.717, 1.165) is 36.6 Å². The topological polar surface area (TPSA) is 74.1 Å². The van der Waals surface area contributed by atoms with Crippen molar-refractivity contribution in [3.63, 3.8) is 0 Å². The molecular weight excluding hydrogens is 261 g/mol. The van der Waals surface area contributed by atoms with Crippen molar-refractivity contribution in [2.75, 3.05) is 0 Å². The van der Waals surface area contributed by atoms with Crippen LogP contribution in [-0.2, 0) is 6.42 Å². The molecular formula is C14H14FN3O2. The maximum atomic E-state index is 14.1. The molecule has 5 nitrogen and oxygen atoms in total. The van der Waals surface area contributed by atoms with Crippen molar-refractivity contribution in [2.24, 2.45) is 5.73 Å². The van der Waals surface area contributed by atoms with Crippen LogP contribution < -0.4 is 5.73 Å². The smallest absolute Gasteiger partial charge is 0.272 e. The highest BCUT2D eigenvalue weighted by atomic mass is 19.1. The van der Waals surface area contributed by atoms with E-state index >= 15 is 0 Å². The first-order chi connectivity index (χ1) is 9.58. The number of hydrogen-bond acceptors (Lipinski definition) is 3. The molecule has 0 amide bonds. The van der Waals surface area contributed by atoms with Crippen molar-refractivity contribution in [1.82, 2.24) is 4.57 Å².